The van der Waals surface area contributed by atoms with Gasteiger partial charge in [0.15, 0.2) is 0 Å². The second-order valence-corrected chi connectivity index (χ2v) is 5.55. The summed E-state index contributed by atoms with van der Waals surface area (Å²) in [5, 5.41) is 0. The summed E-state index contributed by atoms with van der Waals surface area (Å²) in [6, 6.07) is 9.48. The highest BCUT2D eigenvalue weighted by molar-refractivity contribution is 7.86. The molecule has 0 atom stereocenters. The number of hydrogen-bond donors (Lipinski definition) is 1. The molecule has 0 unspecified atom stereocenters. The molecule has 6 nitrogen and oxygen atoms in total. The monoisotopic (exact) mass is 324 g/mol. The molecule has 2 rings (SSSR count). The molecule has 8 heteroatoms. The molecule has 0 fully saturated rings. The lowest BCUT2D eigenvalue weighted by Crippen LogP contribution is -2.16. The quantitative estimate of drug-likeness (QED) is 0.527. The van der Waals surface area contributed by atoms with Gasteiger partial charge in [0.25, 0.3) is 10.1 Å². The van der Waals surface area contributed by atoms with Gasteiger partial charge in [0, 0.05) is 0 Å². The first-order chi connectivity index (χ1) is 10.3. The highest BCUT2D eigenvalue weighted by Gasteiger charge is 2.24. The normalized spacial score (nSPS) is 11.0. The van der Waals surface area contributed by atoms with Crippen LogP contribution in [0.4, 0.5) is 4.39 Å². The average molecular weight is 324 g/mol. The molecule has 0 saturated heterocycles. The highest BCUT2D eigenvalue weighted by atomic mass is 32.2. The van der Waals surface area contributed by atoms with Gasteiger partial charge in [0.1, 0.15) is 10.7 Å². The van der Waals surface area contributed by atoms with Gasteiger partial charge in [-0.3, -0.25) is 4.55 Å². The third-order valence-corrected chi connectivity index (χ3v) is 3.55. The molecular formula is C14H9FO6S. The van der Waals surface area contributed by atoms with E-state index in [9.17, 15) is 22.4 Å². The van der Waals surface area contributed by atoms with Gasteiger partial charge in [0.05, 0.1) is 11.1 Å². The first-order valence-electron chi connectivity index (χ1n) is 5.87. The van der Waals surface area contributed by atoms with Gasteiger partial charge in [-0.2, -0.15) is 8.42 Å². The fraction of sp³-hybridized carbons (Fsp3) is 0. The molecule has 0 bridgehead atoms. The molecule has 0 aliphatic carbocycles. The lowest BCUT2D eigenvalue weighted by atomic mass is 10.2. The first kappa shape index (κ1) is 15.8. The van der Waals surface area contributed by atoms with Crippen molar-refractivity contribution in [1.82, 2.24) is 0 Å². The van der Waals surface area contributed by atoms with Crippen LogP contribution in [0.25, 0.3) is 0 Å². The van der Waals surface area contributed by atoms with E-state index in [1.165, 1.54) is 24.3 Å². The van der Waals surface area contributed by atoms with Crippen molar-refractivity contribution in [3.8, 4) is 0 Å². The van der Waals surface area contributed by atoms with Crippen LogP contribution in [-0.2, 0) is 14.9 Å². The van der Waals surface area contributed by atoms with Crippen molar-refractivity contribution in [2.24, 2.45) is 0 Å². The number of carbonyl (C=O) groups is 2. The van der Waals surface area contributed by atoms with Crippen LogP contribution in [0.2, 0.25) is 0 Å². The zero-order valence-corrected chi connectivity index (χ0v) is 11.7. The molecule has 0 saturated carbocycles. The largest absolute Gasteiger partial charge is 0.386 e. The van der Waals surface area contributed by atoms with Gasteiger partial charge in [-0.05, 0) is 30.3 Å². The summed E-state index contributed by atoms with van der Waals surface area (Å²) in [4.78, 5) is 22.7. The molecule has 22 heavy (non-hydrogen) atoms. The minimum atomic E-state index is -4.77. The van der Waals surface area contributed by atoms with E-state index < -0.39 is 38.3 Å². The topological polar surface area (TPSA) is 97.7 Å². The zero-order chi connectivity index (χ0) is 16.3. The lowest BCUT2D eigenvalue weighted by molar-refractivity contribution is 0.0394. The Kier molecular flexibility index (Phi) is 4.34. The molecule has 2 aromatic rings. The van der Waals surface area contributed by atoms with Crippen LogP contribution >= 0.6 is 0 Å². The van der Waals surface area contributed by atoms with Crippen molar-refractivity contribution in [3.63, 3.8) is 0 Å². The standard InChI is InChI=1S/C14H9FO6S/c15-10-6-7-12(22(18,19)20)11(8-10)14(17)21-13(16)9-4-2-1-3-5-9/h1-8H,(H,18,19,20). The summed E-state index contributed by atoms with van der Waals surface area (Å²) in [6.45, 7) is 0. The second kappa shape index (κ2) is 6.04. The van der Waals surface area contributed by atoms with E-state index in [0.717, 1.165) is 6.07 Å². The maximum Gasteiger partial charge on any atom is 0.347 e. The summed E-state index contributed by atoms with van der Waals surface area (Å²) in [7, 11) is -4.77. The van der Waals surface area contributed by atoms with Crippen LogP contribution in [-0.4, -0.2) is 24.9 Å². The molecule has 0 heterocycles. The van der Waals surface area contributed by atoms with E-state index in [0.29, 0.717) is 12.1 Å². The summed E-state index contributed by atoms with van der Waals surface area (Å²) in [5.41, 5.74) is -0.715. The Bertz CT molecular complexity index is 830. The maximum absolute atomic E-state index is 13.2. The molecule has 1 N–H and O–H groups in total. The van der Waals surface area contributed by atoms with Gasteiger partial charge in [-0.1, -0.05) is 18.2 Å². The number of hydrogen-bond acceptors (Lipinski definition) is 5. The Balaban J connectivity index is 2.34. The fourth-order valence-electron chi connectivity index (χ4n) is 1.66. The van der Waals surface area contributed by atoms with E-state index >= 15 is 0 Å². The number of ether oxygens (including phenoxy) is 1. The number of esters is 2. The van der Waals surface area contributed by atoms with Gasteiger partial charge >= 0.3 is 11.9 Å². The van der Waals surface area contributed by atoms with Gasteiger partial charge in [-0.15, -0.1) is 0 Å². The third-order valence-electron chi connectivity index (χ3n) is 2.63. The predicted molar refractivity (Wildman–Crippen MR) is 72.4 cm³/mol. The molecule has 0 spiro atoms. The minimum absolute atomic E-state index is 0.0562. The summed E-state index contributed by atoms with van der Waals surface area (Å²) in [5.74, 6) is -3.34. The molecular weight excluding hydrogens is 315 g/mol. The van der Waals surface area contributed by atoms with Crippen molar-refractivity contribution < 1.29 is 31.7 Å². The Morgan fingerprint density at radius 3 is 2.23 bits per heavy atom. The average Bonchev–Trinajstić information content (AvgIpc) is 2.46. The van der Waals surface area contributed by atoms with Crippen LogP contribution in [0.1, 0.15) is 20.7 Å². The van der Waals surface area contributed by atoms with Crippen molar-refractivity contribution >= 4 is 22.1 Å². The number of rotatable bonds is 3. The Morgan fingerprint density at radius 1 is 1.00 bits per heavy atom. The van der Waals surface area contributed by atoms with Crippen molar-refractivity contribution in [3.05, 3.63) is 65.5 Å². The van der Waals surface area contributed by atoms with Gasteiger partial charge < -0.3 is 4.74 Å². The molecule has 0 aliphatic heterocycles. The van der Waals surface area contributed by atoms with Gasteiger partial charge in [-0.25, -0.2) is 14.0 Å². The van der Waals surface area contributed by atoms with Gasteiger partial charge in [0.2, 0.25) is 0 Å². The maximum atomic E-state index is 13.2. The fourth-order valence-corrected chi connectivity index (χ4v) is 2.32. The smallest absolute Gasteiger partial charge is 0.347 e. The second-order valence-electron chi connectivity index (χ2n) is 4.16. The van der Waals surface area contributed by atoms with Crippen LogP contribution < -0.4 is 0 Å². The van der Waals surface area contributed by atoms with E-state index in [-0.39, 0.29) is 5.56 Å². The van der Waals surface area contributed by atoms with Crippen LogP contribution in [0.5, 0.6) is 0 Å². The molecule has 0 radical (unpaired) electrons. The van der Waals surface area contributed by atoms with E-state index in [1.807, 2.05) is 0 Å². The zero-order valence-electron chi connectivity index (χ0n) is 10.9. The molecule has 114 valence electrons. The highest BCUT2D eigenvalue weighted by Crippen LogP contribution is 2.18. The van der Waals surface area contributed by atoms with Crippen molar-refractivity contribution in [1.29, 1.82) is 0 Å². The summed E-state index contributed by atoms with van der Waals surface area (Å²) < 4.78 is 49.0. The summed E-state index contributed by atoms with van der Waals surface area (Å²) in [6.07, 6.45) is 0. The predicted octanol–water partition coefficient (Wildman–Crippen LogP) is 2.07. The molecule has 2 aromatic carbocycles. The Hall–Kier alpha value is -2.58. The van der Waals surface area contributed by atoms with Crippen molar-refractivity contribution in [2.45, 2.75) is 4.90 Å². The van der Waals surface area contributed by atoms with E-state index in [1.54, 1.807) is 6.07 Å². The van der Waals surface area contributed by atoms with Crippen molar-refractivity contribution in [2.75, 3.05) is 0 Å². The van der Waals surface area contributed by atoms with Crippen LogP contribution in [0.3, 0.4) is 0 Å². The minimum Gasteiger partial charge on any atom is -0.386 e. The number of benzene rings is 2. The first-order valence-corrected chi connectivity index (χ1v) is 7.31. The van der Waals surface area contributed by atoms with E-state index in [2.05, 4.69) is 4.74 Å². The molecule has 0 amide bonds. The number of carbonyl (C=O) groups excluding carboxylic acids is 2. The number of halogens is 1. The van der Waals surface area contributed by atoms with E-state index in [4.69, 9.17) is 4.55 Å². The summed E-state index contributed by atoms with van der Waals surface area (Å²) >= 11 is 0. The Morgan fingerprint density at radius 2 is 1.64 bits per heavy atom. The molecule has 0 aliphatic rings. The van der Waals surface area contributed by atoms with Crippen LogP contribution in [0, 0.1) is 5.82 Å². The van der Waals surface area contributed by atoms with Crippen LogP contribution in [0.15, 0.2) is 53.4 Å². The SMILES string of the molecule is O=C(OC(=O)c1cc(F)ccc1S(=O)(=O)O)c1ccccc1. The molecule has 0 aromatic heterocycles. The third kappa shape index (κ3) is 3.54. The lowest BCUT2D eigenvalue weighted by Gasteiger charge is -2.07. The Labute approximate surface area is 124 Å².